The highest BCUT2D eigenvalue weighted by Gasteiger charge is 2.34. The highest BCUT2D eigenvalue weighted by atomic mass is 32.1. The van der Waals surface area contributed by atoms with Gasteiger partial charge in [-0.05, 0) is 55.7 Å². The van der Waals surface area contributed by atoms with Crippen LogP contribution >= 0.6 is 12.2 Å². The summed E-state index contributed by atoms with van der Waals surface area (Å²) in [6.45, 7) is 0.698. The van der Waals surface area contributed by atoms with Gasteiger partial charge >= 0.3 is 11.9 Å². The van der Waals surface area contributed by atoms with Gasteiger partial charge < -0.3 is 40.9 Å². The maximum absolute atomic E-state index is 10.6. The molecule has 0 aliphatic carbocycles. The number of anilines is 1. The van der Waals surface area contributed by atoms with Gasteiger partial charge in [-0.25, -0.2) is 0 Å². The van der Waals surface area contributed by atoms with Gasteiger partial charge in [0.1, 0.15) is 11.9 Å². The maximum atomic E-state index is 10.6. The number of phenolic OH excluding ortho intramolecular Hbond substituents is 1. The number of aliphatic hydroxyl groups excluding tert-OH is 2. The molecule has 0 radical (unpaired) electrons. The third-order valence-electron chi connectivity index (χ3n) is 4.70. The number of hydrogen-bond acceptors (Lipinski definition) is 7. The predicted molar refractivity (Wildman–Crippen MR) is 125 cm³/mol. The molecule has 1 aliphatic heterocycles. The van der Waals surface area contributed by atoms with Gasteiger partial charge in [-0.15, -0.1) is 12.3 Å². The van der Waals surface area contributed by atoms with Crippen LogP contribution < -0.4 is 10.6 Å². The first-order valence-electron chi connectivity index (χ1n) is 10.3. The number of aliphatic hydroxyl groups is 2. The first kappa shape index (κ1) is 28.1. The Hall–Kier alpha value is -2.91. The SMILES string of the molecule is C#CCCCCNC(=S)Nc1ccc(O)cc1.O=C(O)C(CC1CC(O)C(O)CO1)C(=O)O. The Kier molecular flexibility index (Phi) is 12.8. The fraction of sp³-hybridized carbons (Fsp3) is 0.500. The molecular weight excluding hydrogens is 452 g/mol. The number of rotatable bonds is 9. The molecule has 3 unspecified atom stereocenters. The number of phenols is 1. The molecule has 0 spiro atoms. The number of hydrogen-bond donors (Lipinski definition) is 7. The lowest BCUT2D eigenvalue weighted by Crippen LogP contribution is -2.43. The van der Waals surface area contributed by atoms with Gasteiger partial charge in [0.05, 0.1) is 18.8 Å². The highest BCUT2D eigenvalue weighted by Crippen LogP contribution is 2.21. The molecule has 0 amide bonds. The van der Waals surface area contributed by atoms with E-state index >= 15 is 0 Å². The van der Waals surface area contributed by atoms with Gasteiger partial charge in [0.2, 0.25) is 0 Å². The second-order valence-electron chi connectivity index (χ2n) is 7.38. The van der Waals surface area contributed by atoms with Crippen molar-refractivity contribution < 1.29 is 39.9 Å². The highest BCUT2D eigenvalue weighted by molar-refractivity contribution is 7.80. The molecule has 1 aromatic carbocycles. The zero-order valence-corrected chi connectivity index (χ0v) is 18.8. The van der Waals surface area contributed by atoms with E-state index in [1.165, 1.54) is 0 Å². The molecule has 10 nitrogen and oxygen atoms in total. The molecular formula is C22H30N2O8S. The number of nitrogens with one attached hydrogen (secondary N) is 2. The van der Waals surface area contributed by atoms with Gasteiger partial charge in [-0.3, -0.25) is 9.59 Å². The van der Waals surface area contributed by atoms with Crippen LogP contribution in [0.15, 0.2) is 24.3 Å². The van der Waals surface area contributed by atoms with Gasteiger partial charge in [0, 0.05) is 25.1 Å². The van der Waals surface area contributed by atoms with Crippen LogP contribution in [0.5, 0.6) is 5.75 Å². The standard InChI is InChI=1S/C13H16N2OS.C9H14O7/c1-2-3-4-5-10-14-13(17)15-11-6-8-12(16)9-7-11;10-6-2-4(16-3-7(6)11)1-5(8(12)13)9(14)15/h1,6-9,16H,3-5,10H2,(H2,14,15,17);4-7,10-11H,1-3H2,(H,12,13)(H,14,15). The van der Waals surface area contributed by atoms with Crippen molar-refractivity contribution >= 4 is 35.0 Å². The number of thiocarbonyl (C=S) groups is 1. The molecule has 7 N–H and O–H groups in total. The molecule has 0 bridgehead atoms. The topological polar surface area (TPSA) is 169 Å². The average molecular weight is 483 g/mol. The number of unbranched alkanes of at least 4 members (excludes halogenated alkanes) is 2. The van der Waals surface area contributed by atoms with Gasteiger partial charge in [-0.1, -0.05) is 0 Å². The molecule has 1 saturated heterocycles. The number of carboxylic acids is 2. The summed E-state index contributed by atoms with van der Waals surface area (Å²) in [4.78, 5) is 21.2. The van der Waals surface area contributed by atoms with Crippen molar-refractivity contribution in [3.05, 3.63) is 24.3 Å². The smallest absolute Gasteiger partial charge is 0.317 e. The Bertz CT molecular complexity index is 798. The van der Waals surface area contributed by atoms with Gasteiger partial charge in [0.15, 0.2) is 11.0 Å². The molecule has 1 aliphatic rings. The largest absolute Gasteiger partial charge is 0.508 e. The summed E-state index contributed by atoms with van der Waals surface area (Å²) in [7, 11) is 0. The van der Waals surface area contributed by atoms with Gasteiger partial charge in [-0.2, -0.15) is 0 Å². The summed E-state index contributed by atoms with van der Waals surface area (Å²) in [6.07, 6.45) is 5.14. The van der Waals surface area contributed by atoms with Crippen LogP contribution in [0, 0.1) is 18.3 Å². The summed E-state index contributed by atoms with van der Waals surface area (Å²) in [5.74, 6) is -1.58. The van der Waals surface area contributed by atoms with E-state index in [9.17, 15) is 14.7 Å². The fourth-order valence-corrected chi connectivity index (χ4v) is 3.07. The summed E-state index contributed by atoms with van der Waals surface area (Å²) in [5, 5.41) is 51.6. The number of aliphatic carboxylic acids is 2. The Morgan fingerprint density at radius 1 is 1.15 bits per heavy atom. The Morgan fingerprint density at radius 2 is 1.79 bits per heavy atom. The van der Waals surface area contributed by atoms with E-state index in [1.54, 1.807) is 24.3 Å². The predicted octanol–water partition coefficient (Wildman–Crippen LogP) is 1.15. The second kappa shape index (κ2) is 15.0. The molecule has 0 aromatic heterocycles. The molecule has 1 heterocycles. The molecule has 1 fully saturated rings. The molecule has 33 heavy (non-hydrogen) atoms. The third-order valence-corrected chi connectivity index (χ3v) is 4.95. The fourth-order valence-electron chi connectivity index (χ4n) is 2.85. The van der Waals surface area contributed by atoms with Crippen molar-refractivity contribution in [1.29, 1.82) is 0 Å². The molecule has 182 valence electrons. The molecule has 2 rings (SSSR count). The quantitative estimate of drug-likeness (QED) is 0.0886. The minimum absolute atomic E-state index is 0.0399. The normalized spacial score (nSPS) is 19.5. The number of ether oxygens (including phenoxy) is 1. The van der Waals surface area contributed by atoms with E-state index < -0.39 is 36.2 Å². The van der Waals surface area contributed by atoms with Crippen LogP contribution in [0.2, 0.25) is 0 Å². The minimum atomic E-state index is -1.55. The van der Waals surface area contributed by atoms with E-state index in [4.69, 9.17) is 43.8 Å². The maximum Gasteiger partial charge on any atom is 0.317 e. The zero-order chi connectivity index (χ0) is 24.8. The van der Waals surface area contributed by atoms with Crippen LogP contribution in [-0.2, 0) is 14.3 Å². The lowest BCUT2D eigenvalue weighted by molar-refractivity contribution is -0.161. The van der Waals surface area contributed by atoms with Crippen molar-refractivity contribution in [3.8, 4) is 18.1 Å². The first-order chi connectivity index (χ1) is 15.6. The molecule has 3 atom stereocenters. The van der Waals surface area contributed by atoms with Crippen molar-refractivity contribution in [2.75, 3.05) is 18.5 Å². The third kappa shape index (κ3) is 11.5. The van der Waals surface area contributed by atoms with E-state index in [2.05, 4.69) is 16.6 Å². The van der Waals surface area contributed by atoms with E-state index in [1.807, 2.05) is 0 Å². The van der Waals surface area contributed by atoms with Crippen molar-refractivity contribution in [3.63, 3.8) is 0 Å². The van der Waals surface area contributed by atoms with E-state index in [-0.39, 0.29) is 25.2 Å². The number of benzene rings is 1. The number of carboxylic acid groups (broad SMARTS) is 2. The van der Waals surface area contributed by atoms with Crippen molar-refractivity contribution in [2.45, 2.75) is 50.4 Å². The molecule has 0 saturated carbocycles. The van der Waals surface area contributed by atoms with Crippen LogP contribution in [0.4, 0.5) is 5.69 Å². The average Bonchev–Trinajstić information content (AvgIpc) is 2.76. The van der Waals surface area contributed by atoms with Crippen molar-refractivity contribution in [2.24, 2.45) is 5.92 Å². The van der Waals surface area contributed by atoms with Gasteiger partial charge in [0.25, 0.3) is 0 Å². The first-order valence-corrected chi connectivity index (χ1v) is 10.8. The lowest BCUT2D eigenvalue weighted by atomic mass is 9.94. The molecule has 11 heteroatoms. The minimum Gasteiger partial charge on any atom is -0.508 e. The van der Waals surface area contributed by atoms with Crippen LogP contribution in [0.25, 0.3) is 0 Å². The monoisotopic (exact) mass is 482 g/mol. The van der Waals surface area contributed by atoms with Crippen LogP contribution in [0.1, 0.15) is 32.1 Å². The van der Waals surface area contributed by atoms with Crippen LogP contribution in [-0.4, -0.2) is 74.0 Å². The Labute approximate surface area is 197 Å². The Balaban J connectivity index is 0.000000331. The lowest BCUT2D eigenvalue weighted by Gasteiger charge is -2.31. The van der Waals surface area contributed by atoms with Crippen molar-refractivity contribution in [1.82, 2.24) is 5.32 Å². The van der Waals surface area contributed by atoms with E-state index in [0.29, 0.717) is 5.11 Å². The number of aromatic hydroxyl groups is 1. The summed E-state index contributed by atoms with van der Waals surface area (Å²) >= 11 is 5.12. The Morgan fingerprint density at radius 3 is 2.33 bits per heavy atom. The summed E-state index contributed by atoms with van der Waals surface area (Å²) in [6, 6.07) is 6.75. The van der Waals surface area contributed by atoms with E-state index in [0.717, 1.165) is 31.5 Å². The number of terminal acetylenes is 1. The van der Waals surface area contributed by atoms with Crippen LogP contribution in [0.3, 0.4) is 0 Å². The summed E-state index contributed by atoms with van der Waals surface area (Å²) in [5.41, 5.74) is 0.851. The molecule has 1 aromatic rings. The zero-order valence-electron chi connectivity index (χ0n) is 18.0. The number of carbonyl (C=O) groups is 2. The second-order valence-corrected chi connectivity index (χ2v) is 7.79. The summed E-state index contributed by atoms with van der Waals surface area (Å²) < 4.78 is 5.05.